The predicted octanol–water partition coefficient (Wildman–Crippen LogP) is 1.79. The minimum Gasteiger partial charge on any atom is -0.309 e. The lowest BCUT2D eigenvalue weighted by atomic mass is 10.4. The van der Waals surface area contributed by atoms with Gasteiger partial charge in [-0.1, -0.05) is 0 Å². The molecule has 5 rings (SSSR count). The van der Waals surface area contributed by atoms with Crippen molar-refractivity contribution in [1.29, 1.82) is 0 Å². The highest BCUT2D eigenvalue weighted by molar-refractivity contribution is 5.65. The molecule has 0 radical (unpaired) electrons. The van der Waals surface area contributed by atoms with Crippen molar-refractivity contribution in [3.8, 4) is 0 Å². The average Bonchev–Trinajstić information content (AvgIpc) is 2.98. The normalized spacial score (nSPS) is 27.5. The molecule has 0 fully saturated rings. The van der Waals surface area contributed by atoms with Crippen LogP contribution in [-0.4, -0.2) is 15.3 Å². The van der Waals surface area contributed by atoms with Gasteiger partial charge in [-0.3, -0.25) is 0 Å². The Labute approximate surface area is 92.6 Å². The summed E-state index contributed by atoms with van der Waals surface area (Å²) < 4.78 is 4.69. The van der Waals surface area contributed by atoms with Crippen LogP contribution in [0.5, 0.6) is 0 Å². The molecule has 2 aromatic heterocycles. The Kier molecular flexibility index (Phi) is 0.922. The number of aromatic nitrogens is 2. The van der Waals surface area contributed by atoms with Gasteiger partial charge in [0.2, 0.25) is 0 Å². The Morgan fingerprint density at radius 3 is 1.88 bits per heavy atom. The minimum absolute atomic E-state index is 0.380. The first-order valence-electron chi connectivity index (χ1n) is 5.54. The summed E-state index contributed by atoms with van der Waals surface area (Å²) >= 11 is 0. The molecule has 0 aromatic carbocycles. The molecule has 16 heavy (non-hydrogen) atoms. The highest BCUT2D eigenvalue weighted by Crippen LogP contribution is 2.48. The maximum Gasteiger partial charge on any atom is 0.152 e. The van der Waals surface area contributed by atoms with E-state index in [0.29, 0.717) is 12.3 Å². The van der Waals surface area contributed by atoms with Crippen LogP contribution < -0.4 is 9.80 Å². The quantitative estimate of drug-likeness (QED) is 0.659. The molecule has 0 bridgehead atoms. The fraction of sp³-hybridized carbons (Fsp3) is 0.167. The maximum absolute atomic E-state index is 2.34. The summed E-state index contributed by atoms with van der Waals surface area (Å²) in [7, 11) is 0. The number of rotatable bonds is 0. The van der Waals surface area contributed by atoms with E-state index in [1.807, 2.05) is 0 Å². The molecule has 5 heterocycles. The first-order chi connectivity index (χ1) is 7.95. The molecule has 0 spiro atoms. The zero-order valence-corrected chi connectivity index (χ0v) is 8.56. The zero-order valence-electron chi connectivity index (χ0n) is 8.56. The summed E-state index contributed by atoms with van der Waals surface area (Å²) in [5, 5.41) is 0. The van der Waals surface area contributed by atoms with Crippen molar-refractivity contribution in [2.75, 3.05) is 9.80 Å². The summed E-state index contributed by atoms with van der Waals surface area (Å²) in [5.74, 6) is 2.57. The minimum atomic E-state index is 0.380. The zero-order chi connectivity index (χ0) is 10.3. The Morgan fingerprint density at radius 2 is 1.31 bits per heavy atom. The van der Waals surface area contributed by atoms with Crippen molar-refractivity contribution >= 4 is 11.6 Å². The molecule has 4 nitrogen and oxygen atoms in total. The van der Waals surface area contributed by atoms with E-state index in [1.165, 1.54) is 11.6 Å². The van der Waals surface area contributed by atoms with E-state index in [0.717, 1.165) is 0 Å². The van der Waals surface area contributed by atoms with E-state index in [-0.39, 0.29) is 0 Å². The fourth-order valence-corrected chi connectivity index (χ4v) is 3.24. The molecule has 4 heteroatoms. The molecular weight excluding hydrogens is 200 g/mol. The second kappa shape index (κ2) is 2.04. The third-order valence-corrected chi connectivity index (χ3v) is 3.84. The molecule has 2 aromatic rings. The van der Waals surface area contributed by atoms with Gasteiger partial charge in [0.25, 0.3) is 0 Å². The van der Waals surface area contributed by atoms with Crippen molar-refractivity contribution in [2.24, 2.45) is 0 Å². The maximum atomic E-state index is 2.34. The number of hydrogen-bond acceptors (Lipinski definition) is 2. The summed E-state index contributed by atoms with van der Waals surface area (Å²) in [5.41, 5.74) is 0. The predicted molar refractivity (Wildman–Crippen MR) is 61.2 cm³/mol. The second-order valence-electron chi connectivity index (χ2n) is 4.49. The van der Waals surface area contributed by atoms with Crippen molar-refractivity contribution in [1.82, 2.24) is 9.13 Å². The smallest absolute Gasteiger partial charge is 0.152 e. The van der Waals surface area contributed by atoms with E-state index >= 15 is 0 Å². The van der Waals surface area contributed by atoms with Crippen LogP contribution in [0.2, 0.25) is 0 Å². The van der Waals surface area contributed by atoms with E-state index in [4.69, 9.17) is 0 Å². The van der Waals surface area contributed by atoms with Crippen LogP contribution in [0.25, 0.3) is 0 Å². The summed E-state index contributed by atoms with van der Waals surface area (Å²) in [6, 6.07) is 8.58. The average molecular weight is 210 g/mol. The van der Waals surface area contributed by atoms with Crippen molar-refractivity contribution in [2.45, 2.75) is 12.3 Å². The molecular formula is C12H10N4. The van der Waals surface area contributed by atoms with E-state index in [1.54, 1.807) is 0 Å². The highest BCUT2D eigenvalue weighted by Gasteiger charge is 2.49. The van der Waals surface area contributed by atoms with E-state index in [9.17, 15) is 0 Å². The van der Waals surface area contributed by atoms with Gasteiger partial charge in [-0.05, 0) is 24.3 Å². The van der Waals surface area contributed by atoms with Crippen molar-refractivity contribution < 1.29 is 0 Å². The lowest BCUT2D eigenvalue weighted by Crippen LogP contribution is -2.35. The van der Waals surface area contributed by atoms with Crippen molar-refractivity contribution in [3.05, 3.63) is 49.1 Å². The van der Waals surface area contributed by atoms with Crippen LogP contribution in [0.3, 0.4) is 0 Å². The largest absolute Gasteiger partial charge is 0.309 e. The second-order valence-corrected chi connectivity index (χ2v) is 4.49. The van der Waals surface area contributed by atoms with Crippen molar-refractivity contribution in [3.63, 3.8) is 0 Å². The lowest BCUT2D eigenvalue weighted by molar-refractivity contribution is 0.458. The van der Waals surface area contributed by atoms with E-state index in [2.05, 4.69) is 68.0 Å². The fourth-order valence-electron chi connectivity index (χ4n) is 3.24. The monoisotopic (exact) mass is 210 g/mol. The van der Waals surface area contributed by atoms with Gasteiger partial charge in [0.15, 0.2) is 12.3 Å². The Bertz CT molecular complexity index is 568. The Morgan fingerprint density at radius 1 is 0.750 bits per heavy atom. The van der Waals surface area contributed by atoms with Crippen LogP contribution in [0.15, 0.2) is 49.1 Å². The van der Waals surface area contributed by atoms with Gasteiger partial charge in [0, 0.05) is 24.8 Å². The van der Waals surface area contributed by atoms with Gasteiger partial charge in [-0.15, -0.1) is 0 Å². The van der Waals surface area contributed by atoms with Crippen LogP contribution in [-0.2, 0) is 0 Å². The molecule has 0 saturated heterocycles. The van der Waals surface area contributed by atoms with Gasteiger partial charge in [0.1, 0.15) is 11.6 Å². The van der Waals surface area contributed by atoms with Gasteiger partial charge in [-0.25, -0.2) is 0 Å². The molecule has 0 aliphatic carbocycles. The molecule has 0 unspecified atom stereocenters. The number of hydrogen-bond donors (Lipinski definition) is 0. The lowest BCUT2D eigenvalue weighted by Gasteiger charge is -2.20. The van der Waals surface area contributed by atoms with Crippen LogP contribution in [0, 0.1) is 0 Å². The van der Waals surface area contributed by atoms with Gasteiger partial charge < -0.3 is 18.9 Å². The third kappa shape index (κ3) is 0.546. The topological polar surface area (TPSA) is 16.3 Å². The summed E-state index contributed by atoms with van der Waals surface area (Å²) in [6.07, 6.45) is 9.47. The van der Waals surface area contributed by atoms with Crippen LogP contribution in [0.4, 0.5) is 11.6 Å². The Balaban J connectivity index is 1.89. The summed E-state index contributed by atoms with van der Waals surface area (Å²) in [4.78, 5) is 4.69. The standard InChI is InChI=1S/C12H10N4/c1-3-9-13(5-1)11-12-15(9)7-8-16(12)10-4-2-6-14(10)11/h1-8,11-12H. The van der Waals surface area contributed by atoms with Gasteiger partial charge in [-0.2, -0.15) is 0 Å². The molecule has 0 saturated carbocycles. The number of nitrogens with zero attached hydrogens (tertiary/aromatic N) is 4. The molecule has 0 N–H and O–H groups in total. The van der Waals surface area contributed by atoms with Crippen LogP contribution >= 0.6 is 0 Å². The molecule has 0 atom stereocenters. The number of fused-ring (bicyclic) bond motifs is 6. The Hall–Kier alpha value is -2.10. The first-order valence-corrected chi connectivity index (χ1v) is 5.54. The molecule has 3 aliphatic rings. The highest BCUT2D eigenvalue weighted by atomic mass is 15.6. The molecule has 3 aliphatic heterocycles. The SMILES string of the molecule is C1=CN2c3cccn3C3C2N1c1cccn13. The number of anilines is 2. The van der Waals surface area contributed by atoms with Crippen LogP contribution in [0.1, 0.15) is 6.17 Å². The van der Waals surface area contributed by atoms with Gasteiger partial charge in [0.05, 0.1) is 0 Å². The molecule has 0 amide bonds. The van der Waals surface area contributed by atoms with E-state index < -0.39 is 0 Å². The molecule has 78 valence electrons. The van der Waals surface area contributed by atoms with Gasteiger partial charge >= 0.3 is 0 Å². The summed E-state index contributed by atoms with van der Waals surface area (Å²) in [6.45, 7) is 0. The first kappa shape index (κ1) is 7.22. The third-order valence-electron chi connectivity index (χ3n) is 3.84.